The zero-order chi connectivity index (χ0) is 13.5. The van der Waals surface area contributed by atoms with E-state index in [9.17, 15) is 14.3 Å². The van der Waals surface area contributed by atoms with E-state index in [0.717, 1.165) is 4.47 Å². The SMILES string of the molecule is COC(=O)CCC(O)CNc1cc(Br)ccc1F. The molecule has 0 heterocycles. The summed E-state index contributed by atoms with van der Waals surface area (Å²) in [6.45, 7) is 0.171. The van der Waals surface area contributed by atoms with Crippen molar-refractivity contribution in [3.8, 4) is 0 Å². The average Bonchev–Trinajstić information content (AvgIpc) is 2.36. The van der Waals surface area contributed by atoms with E-state index in [1.165, 1.54) is 13.2 Å². The predicted octanol–water partition coefficient (Wildman–Crippen LogP) is 2.31. The molecule has 0 spiro atoms. The first-order chi connectivity index (χ1) is 8.52. The lowest BCUT2D eigenvalue weighted by Gasteiger charge is -2.13. The van der Waals surface area contributed by atoms with E-state index in [-0.39, 0.29) is 25.4 Å². The van der Waals surface area contributed by atoms with Crippen LogP contribution in [0.3, 0.4) is 0 Å². The zero-order valence-corrected chi connectivity index (χ0v) is 11.5. The van der Waals surface area contributed by atoms with Gasteiger partial charge in [0.05, 0.1) is 18.9 Å². The van der Waals surface area contributed by atoms with Crippen molar-refractivity contribution in [3.05, 3.63) is 28.5 Å². The minimum atomic E-state index is -0.734. The number of benzene rings is 1. The summed E-state index contributed by atoms with van der Waals surface area (Å²) in [5.74, 6) is -0.763. The Labute approximate surface area is 113 Å². The van der Waals surface area contributed by atoms with Gasteiger partial charge in [0.15, 0.2) is 0 Å². The number of ether oxygens (including phenoxy) is 1. The maximum Gasteiger partial charge on any atom is 0.305 e. The van der Waals surface area contributed by atoms with Gasteiger partial charge >= 0.3 is 5.97 Å². The van der Waals surface area contributed by atoms with Gasteiger partial charge in [-0.25, -0.2) is 4.39 Å². The van der Waals surface area contributed by atoms with Crippen molar-refractivity contribution in [1.29, 1.82) is 0 Å². The van der Waals surface area contributed by atoms with E-state index in [0.29, 0.717) is 5.69 Å². The molecular weight excluding hydrogens is 305 g/mol. The number of carbonyl (C=O) groups is 1. The fourth-order valence-corrected chi connectivity index (χ4v) is 1.71. The first-order valence-electron chi connectivity index (χ1n) is 5.46. The van der Waals surface area contributed by atoms with Crippen molar-refractivity contribution in [2.24, 2.45) is 0 Å². The molecule has 6 heteroatoms. The maximum atomic E-state index is 13.3. The van der Waals surface area contributed by atoms with Gasteiger partial charge in [-0.05, 0) is 24.6 Å². The molecule has 1 atom stereocenters. The third-order valence-electron chi connectivity index (χ3n) is 2.37. The molecule has 100 valence electrons. The number of anilines is 1. The molecule has 2 N–H and O–H groups in total. The van der Waals surface area contributed by atoms with E-state index in [4.69, 9.17) is 0 Å². The van der Waals surface area contributed by atoms with Gasteiger partial charge in [-0.2, -0.15) is 0 Å². The Hall–Kier alpha value is -1.14. The normalized spacial score (nSPS) is 12.0. The fraction of sp³-hybridized carbons (Fsp3) is 0.417. The smallest absolute Gasteiger partial charge is 0.305 e. The van der Waals surface area contributed by atoms with Gasteiger partial charge in [-0.15, -0.1) is 0 Å². The highest BCUT2D eigenvalue weighted by Gasteiger charge is 2.09. The highest BCUT2D eigenvalue weighted by Crippen LogP contribution is 2.20. The molecule has 0 fully saturated rings. The Morgan fingerprint density at radius 1 is 1.61 bits per heavy atom. The van der Waals surface area contributed by atoms with Crippen molar-refractivity contribution in [3.63, 3.8) is 0 Å². The molecule has 0 radical (unpaired) electrons. The molecule has 0 aromatic heterocycles. The summed E-state index contributed by atoms with van der Waals surface area (Å²) >= 11 is 3.23. The summed E-state index contributed by atoms with van der Waals surface area (Å²) in [4.78, 5) is 10.9. The van der Waals surface area contributed by atoms with Crippen molar-refractivity contribution in [2.75, 3.05) is 19.0 Å². The molecule has 0 aliphatic rings. The fourth-order valence-electron chi connectivity index (χ4n) is 1.35. The summed E-state index contributed by atoms with van der Waals surface area (Å²) in [5.41, 5.74) is 0.307. The van der Waals surface area contributed by atoms with Crippen LogP contribution in [0.25, 0.3) is 0 Å². The topological polar surface area (TPSA) is 58.6 Å². The quantitative estimate of drug-likeness (QED) is 0.790. The molecule has 1 aromatic rings. The number of aliphatic hydroxyl groups is 1. The molecular formula is C12H15BrFNO3. The second kappa shape index (κ2) is 7.33. The number of esters is 1. The number of rotatable bonds is 6. The Kier molecular flexibility index (Phi) is 6.07. The van der Waals surface area contributed by atoms with E-state index in [1.807, 2.05) is 0 Å². The van der Waals surface area contributed by atoms with Crippen molar-refractivity contribution in [1.82, 2.24) is 0 Å². The second-order valence-corrected chi connectivity index (χ2v) is 4.69. The number of aliphatic hydroxyl groups excluding tert-OH is 1. The molecule has 0 aliphatic carbocycles. The largest absolute Gasteiger partial charge is 0.469 e. The second-order valence-electron chi connectivity index (χ2n) is 3.77. The molecule has 0 amide bonds. The molecule has 18 heavy (non-hydrogen) atoms. The van der Waals surface area contributed by atoms with E-state index >= 15 is 0 Å². The van der Waals surface area contributed by atoms with Crippen LogP contribution in [0.15, 0.2) is 22.7 Å². The lowest BCUT2D eigenvalue weighted by molar-refractivity contribution is -0.141. The summed E-state index contributed by atoms with van der Waals surface area (Å²) < 4.78 is 18.6. The summed E-state index contributed by atoms with van der Waals surface area (Å²) in [6, 6.07) is 4.50. The van der Waals surface area contributed by atoms with Gasteiger partial charge in [-0.3, -0.25) is 4.79 Å². The minimum Gasteiger partial charge on any atom is -0.469 e. The van der Waals surface area contributed by atoms with Gasteiger partial charge in [0.25, 0.3) is 0 Å². The van der Waals surface area contributed by atoms with Gasteiger partial charge < -0.3 is 15.2 Å². The van der Waals surface area contributed by atoms with Gasteiger partial charge in [-0.1, -0.05) is 15.9 Å². The molecule has 0 saturated carbocycles. The molecule has 0 bridgehead atoms. The van der Waals surface area contributed by atoms with Crippen LogP contribution in [0.2, 0.25) is 0 Å². The van der Waals surface area contributed by atoms with E-state index < -0.39 is 11.9 Å². The summed E-state index contributed by atoms with van der Waals surface area (Å²) in [5, 5.41) is 12.4. The van der Waals surface area contributed by atoms with Crippen LogP contribution in [0.4, 0.5) is 10.1 Å². The highest BCUT2D eigenvalue weighted by molar-refractivity contribution is 9.10. The Balaban J connectivity index is 2.40. The van der Waals surface area contributed by atoms with Crippen LogP contribution >= 0.6 is 15.9 Å². The van der Waals surface area contributed by atoms with Crippen LogP contribution in [0, 0.1) is 5.82 Å². The first kappa shape index (κ1) is 14.9. The van der Waals surface area contributed by atoms with Crippen LogP contribution in [-0.2, 0) is 9.53 Å². The number of nitrogens with one attached hydrogen (secondary N) is 1. The highest BCUT2D eigenvalue weighted by atomic mass is 79.9. The van der Waals surface area contributed by atoms with E-state index in [1.54, 1.807) is 12.1 Å². The number of hydrogen-bond donors (Lipinski definition) is 2. The van der Waals surface area contributed by atoms with Crippen molar-refractivity contribution in [2.45, 2.75) is 18.9 Å². The molecule has 1 rings (SSSR count). The minimum absolute atomic E-state index is 0.139. The number of halogens is 2. The van der Waals surface area contributed by atoms with Crippen molar-refractivity contribution >= 4 is 27.6 Å². The monoisotopic (exact) mass is 319 g/mol. The predicted molar refractivity (Wildman–Crippen MR) is 69.8 cm³/mol. The molecule has 1 unspecified atom stereocenters. The molecule has 0 aliphatic heterocycles. The van der Waals surface area contributed by atoms with Crippen LogP contribution < -0.4 is 5.32 Å². The van der Waals surface area contributed by atoms with Crippen LogP contribution in [0.1, 0.15) is 12.8 Å². The van der Waals surface area contributed by atoms with E-state index in [2.05, 4.69) is 26.0 Å². The summed E-state index contributed by atoms with van der Waals surface area (Å²) in [6.07, 6.45) is -0.322. The van der Waals surface area contributed by atoms with Gasteiger partial charge in [0.1, 0.15) is 5.82 Å². The molecule has 1 aromatic carbocycles. The zero-order valence-electron chi connectivity index (χ0n) is 9.95. The Morgan fingerprint density at radius 3 is 3.00 bits per heavy atom. The van der Waals surface area contributed by atoms with Crippen molar-refractivity contribution < 1.29 is 19.0 Å². The first-order valence-corrected chi connectivity index (χ1v) is 6.26. The molecule has 4 nitrogen and oxygen atoms in total. The van der Waals surface area contributed by atoms with Gasteiger partial charge in [0, 0.05) is 17.4 Å². The van der Waals surface area contributed by atoms with Crippen LogP contribution in [0.5, 0.6) is 0 Å². The summed E-state index contributed by atoms with van der Waals surface area (Å²) in [7, 11) is 1.30. The van der Waals surface area contributed by atoms with Gasteiger partial charge in [0.2, 0.25) is 0 Å². The Bertz CT molecular complexity index is 414. The number of hydrogen-bond acceptors (Lipinski definition) is 4. The Morgan fingerprint density at radius 2 is 2.33 bits per heavy atom. The lowest BCUT2D eigenvalue weighted by Crippen LogP contribution is -2.21. The van der Waals surface area contributed by atoms with Crippen LogP contribution in [-0.4, -0.2) is 30.8 Å². The lowest BCUT2D eigenvalue weighted by atomic mass is 10.2. The maximum absolute atomic E-state index is 13.3. The molecule has 0 saturated heterocycles. The third-order valence-corrected chi connectivity index (χ3v) is 2.86. The number of carbonyl (C=O) groups excluding carboxylic acids is 1. The standard InChI is InChI=1S/C12H15BrFNO3/c1-18-12(17)5-3-9(16)7-15-11-6-8(13)2-4-10(11)14/h2,4,6,9,15-16H,3,5,7H2,1H3. The average molecular weight is 320 g/mol. The third kappa shape index (κ3) is 5.01. The number of methoxy groups -OCH3 is 1.